The number of alkyl halides is 3. The number of aliphatic hydroxyl groups is 1. The highest BCUT2D eigenvalue weighted by molar-refractivity contribution is 6.04. The van der Waals surface area contributed by atoms with Crippen molar-refractivity contribution in [2.24, 2.45) is 5.92 Å². The number of rotatable bonds is 10. The maximum Gasteiger partial charge on any atom is 0.416 e. The molecular formula is C32H35F3N6O3. The number of carbonyl (C=O) groups excluding carboxylic acids is 1. The topological polar surface area (TPSA) is 95.8 Å². The predicted molar refractivity (Wildman–Crippen MR) is 161 cm³/mol. The van der Waals surface area contributed by atoms with Crippen molar-refractivity contribution < 1.29 is 27.8 Å². The van der Waals surface area contributed by atoms with Gasteiger partial charge < -0.3 is 20.1 Å². The summed E-state index contributed by atoms with van der Waals surface area (Å²) in [4.78, 5) is 21.1. The van der Waals surface area contributed by atoms with Crippen molar-refractivity contribution in [3.8, 4) is 22.6 Å². The number of nitrogens with one attached hydrogen (secondary N) is 1. The minimum Gasteiger partial charge on any atom is -0.492 e. The van der Waals surface area contributed by atoms with Crippen LogP contribution in [0.5, 0.6) is 5.75 Å². The van der Waals surface area contributed by atoms with Crippen LogP contribution in [0.15, 0.2) is 73.3 Å². The number of pyridine rings is 1. The Bertz CT molecular complexity index is 1610. The smallest absolute Gasteiger partial charge is 0.416 e. The lowest BCUT2D eigenvalue weighted by Crippen LogP contribution is -2.40. The molecule has 2 N–H and O–H groups in total. The number of benzene rings is 2. The molecule has 2 unspecified atom stereocenters. The molecule has 2 aromatic carbocycles. The molecule has 2 atom stereocenters. The number of carbonyl (C=O) groups is 1. The SMILES string of the molecule is Cc1ccc(NC(=O)c2cccc(C(F)(F)F)c2)cc1-n1cc(-c2cnccc2OCC2CCN(C(O)CN(C)C)C2)cn1. The fraction of sp³-hybridized carbons (Fsp3) is 0.344. The number of halogens is 3. The summed E-state index contributed by atoms with van der Waals surface area (Å²) in [6, 6.07) is 11.3. The molecule has 0 spiro atoms. The van der Waals surface area contributed by atoms with E-state index in [0.717, 1.165) is 48.3 Å². The van der Waals surface area contributed by atoms with Gasteiger partial charge in [-0.15, -0.1) is 0 Å². The van der Waals surface area contributed by atoms with E-state index in [1.54, 1.807) is 41.5 Å². The molecule has 1 amide bonds. The van der Waals surface area contributed by atoms with Crippen LogP contribution < -0.4 is 10.1 Å². The summed E-state index contributed by atoms with van der Waals surface area (Å²) in [6.45, 7) is 4.55. The first kappa shape index (κ1) is 31.2. The first-order chi connectivity index (χ1) is 21.0. The standard InChI is InChI=1S/C32H35F3N6O3/c1-21-7-8-26(38-31(43)23-5-4-6-25(13-23)32(33,34)35)14-28(21)41-18-24(15-37-41)27-16-36-11-9-29(27)44-20-22-10-12-40(17-22)30(42)19-39(2)3/h4-9,11,13-16,18,22,30,42H,10,12,17,19-20H2,1-3H3,(H,38,43). The molecule has 232 valence electrons. The quantitative estimate of drug-likeness (QED) is 0.259. The molecule has 3 heterocycles. The highest BCUT2D eigenvalue weighted by Crippen LogP contribution is 2.32. The molecular weight excluding hydrogens is 573 g/mol. The van der Waals surface area contributed by atoms with Gasteiger partial charge in [-0.05, 0) is 69.4 Å². The van der Waals surface area contributed by atoms with Gasteiger partial charge in [0.2, 0.25) is 0 Å². The van der Waals surface area contributed by atoms with Crippen molar-refractivity contribution in [1.82, 2.24) is 24.6 Å². The number of anilines is 1. The number of hydrogen-bond acceptors (Lipinski definition) is 7. The number of amides is 1. The number of hydrogen-bond donors (Lipinski definition) is 2. The first-order valence-corrected chi connectivity index (χ1v) is 14.3. The molecule has 4 aromatic rings. The van der Waals surface area contributed by atoms with Crippen LogP contribution in [-0.4, -0.2) is 82.1 Å². The molecule has 1 aliphatic heterocycles. The minimum atomic E-state index is -4.54. The van der Waals surface area contributed by atoms with Crippen LogP contribution in [0.1, 0.15) is 27.9 Å². The number of aliphatic hydroxyl groups excluding tert-OH is 1. The fourth-order valence-electron chi connectivity index (χ4n) is 5.21. The van der Waals surface area contributed by atoms with Gasteiger partial charge in [-0.2, -0.15) is 18.3 Å². The van der Waals surface area contributed by atoms with E-state index in [1.165, 1.54) is 12.1 Å². The molecule has 0 bridgehead atoms. The van der Waals surface area contributed by atoms with E-state index in [-0.39, 0.29) is 11.5 Å². The molecule has 1 aliphatic rings. The van der Waals surface area contributed by atoms with Crippen molar-refractivity contribution in [3.63, 3.8) is 0 Å². The third-order valence-corrected chi connectivity index (χ3v) is 7.58. The minimum absolute atomic E-state index is 0.0949. The predicted octanol–water partition coefficient (Wildman–Crippen LogP) is 5.09. The van der Waals surface area contributed by atoms with E-state index in [0.29, 0.717) is 30.3 Å². The Kier molecular flexibility index (Phi) is 9.33. The van der Waals surface area contributed by atoms with Crippen LogP contribution in [0.2, 0.25) is 0 Å². The third kappa shape index (κ3) is 7.44. The van der Waals surface area contributed by atoms with Gasteiger partial charge in [0.1, 0.15) is 12.0 Å². The Balaban J connectivity index is 1.28. The van der Waals surface area contributed by atoms with Crippen LogP contribution in [0.25, 0.3) is 16.8 Å². The van der Waals surface area contributed by atoms with Gasteiger partial charge in [-0.25, -0.2) is 4.68 Å². The molecule has 0 aliphatic carbocycles. The lowest BCUT2D eigenvalue weighted by molar-refractivity contribution is -0.137. The highest BCUT2D eigenvalue weighted by Gasteiger charge is 2.31. The Morgan fingerprint density at radius 2 is 2.00 bits per heavy atom. The second kappa shape index (κ2) is 13.2. The van der Waals surface area contributed by atoms with Crippen LogP contribution >= 0.6 is 0 Å². The van der Waals surface area contributed by atoms with Gasteiger partial charge in [0.25, 0.3) is 5.91 Å². The Morgan fingerprint density at radius 1 is 1.18 bits per heavy atom. The van der Waals surface area contributed by atoms with Gasteiger partial charge in [-0.3, -0.25) is 14.7 Å². The number of ether oxygens (including phenoxy) is 1. The monoisotopic (exact) mass is 608 g/mol. The second-order valence-electron chi connectivity index (χ2n) is 11.3. The lowest BCUT2D eigenvalue weighted by Gasteiger charge is -2.25. The van der Waals surface area contributed by atoms with Crippen LogP contribution in [0, 0.1) is 12.8 Å². The van der Waals surface area contributed by atoms with Crippen molar-refractivity contribution in [3.05, 3.63) is 90.0 Å². The van der Waals surface area contributed by atoms with E-state index >= 15 is 0 Å². The maximum atomic E-state index is 13.1. The Labute approximate surface area is 253 Å². The van der Waals surface area contributed by atoms with Crippen molar-refractivity contribution in [1.29, 1.82) is 0 Å². The van der Waals surface area contributed by atoms with E-state index in [4.69, 9.17) is 4.74 Å². The first-order valence-electron chi connectivity index (χ1n) is 14.3. The lowest BCUT2D eigenvalue weighted by atomic mass is 10.1. The van der Waals surface area contributed by atoms with E-state index in [9.17, 15) is 23.1 Å². The number of aromatic nitrogens is 3. The molecule has 44 heavy (non-hydrogen) atoms. The van der Waals surface area contributed by atoms with Gasteiger partial charge in [-0.1, -0.05) is 12.1 Å². The van der Waals surface area contributed by atoms with Crippen LogP contribution in [0.4, 0.5) is 18.9 Å². The molecule has 5 rings (SSSR count). The summed E-state index contributed by atoms with van der Waals surface area (Å²) in [6.07, 6.45) is 2.81. The fourth-order valence-corrected chi connectivity index (χ4v) is 5.21. The van der Waals surface area contributed by atoms with Crippen molar-refractivity contribution in [2.45, 2.75) is 25.7 Å². The molecule has 9 nitrogen and oxygen atoms in total. The largest absolute Gasteiger partial charge is 0.492 e. The van der Waals surface area contributed by atoms with E-state index < -0.39 is 23.9 Å². The van der Waals surface area contributed by atoms with Gasteiger partial charge in [0, 0.05) is 66.5 Å². The zero-order chi connectivity index (χ0) is 31.4. The zero-order valence-electron chi connectivity index (χ0n) is 24.8. The average Bonchev–Trinajstić information content (AvgIpc) is 3.67. The van der Waals surface area contributed by atoms with E-state index in [1.807, 2.05) is 38.2 Å². The summed E-state index contributed by atoms with van der Waals surface area (Å²) in [5.41, 5.74) is 2.54. The molecule has 12 heteroatoms. The average molecular weight is 609 g/mol. The molecule has 2 aromatic heterocycles. The second-order valence-corrected chi connectivity index (χ2v) is 11.3. The summed E-state index contributed by atoms with van der Waals surface area (Å²) in [5, 5.41) is 17.7. The number of aryl methyl sites for hydroxylation is 1. The Morgan fingerprint density at radius 3 is 2.77 bits per heavy atom. The molecule has 0 saturated carbocycles. The van der Waals surface area contributed by atoms with Crippen molar-refractivity contribution in [2.75, 3.05) is 45.7 Å². The van der Waals surface area contributed by atoms with Crippen LogP contribution in [0.3, 0.4) is 0 Å². The third-order valence-electron chi connectivity index (χ3n) is 7.58. The van der Waals surface area contributed by atoms with Crippen molar-refractivity contribution >= 4 is 11.6 Å². The summed E-state index contributed by atoms with van der Waals surface area (Å²) in [5.74, 6) is 0.305. The zero-order valence-corrected chi connectivity index (χ0v) is 24.8. The van der Waals surface area contributed by atoms with Gasteiger partial charge >= 0.3 is 6.18 Å². The number of likely N-dealkylation sites (N-methyl/N-ethyl adjacent to an activating group) is 1. The Hall–Kier alpha value is -4.26. The van der Waals surface area contributed by atoms with Gasteiger partial charge in [0.05, 0.1) is 24.1 Å². The summed E-state index contributed by atoms with van der Waals surface area (Å²) >= 11 is 0. The maximum absolute atomic E-state index is 13.1. The summed E-state index contributed by atoms with van der Waals surface area (Å²) < 4.78 is 47.3. The summed E-state index contributed by atoms with van der Waals surface area (Å²) in [7, 11) is 3.88. The van der Waals surface area contributed by atoms with Gasteiger partial charge in [0.15, 0.2) is 0 Å². The molecule has 1 saturated heterocycles. The highest BCUT2D eigenvalue weighted by atomic mass is 19.4. The van der Waals surface area contributed by atoms with E-state index in [2.05, 4.69) is 20.3 Å². The molecule has 1 fully saturated rings. The molecule has 0 radical (unpaired) electrons. The normalized spacial score (nSPS) is 16.3. The number of nitrogens with zero attached hydrogens (tertiary/aromatic N) is 5. The van der Waals surface area contributed by atoms with Crippen LogP contribution in [-0.2, 0) is 6.18 Å². The number of likely N-dealkylation sites (tertiary alicyclic amines) is 1.